The number of aromatic nitrogens is 1. The molecule has 9 rings (SSSR count). The first-order valence-electron chi connectivity index (χ1n) is 15.1. The monoisotopic (exact) mass is 557 g/mol. The first-order valence-corrected chi connectivity index (χ1v) is 15.1. The maximum absolute atomic E-state index is 5.13. The van der Waals surface area contributed by atoms with Crippen LogP contribution in [0.4, 0.5) is 0 Å². The second kappa shape index (κ2) is 9.90. The Bertz CT molecular complexity index is 2410. The Kier molecular flexibility index (Phi) is 5.57. The van der Waals surface area contributed by atoms with Gasteiger partial charge >= 0.3 is 0 Å². The number of hydrogen-bond acceptors (Lipinski definition) is 1. The van der Waals surface area contributed by atoms with Crippen LogP contribution in [0.1, 0.15) is 0 Å². The number of hydrogen-bond donors (Lipinski definition) is 0. The van der Waals surface area contributed by atoms with Gasteiger partial charge in [-0.05, 0) is 77.5 Å². The smallest absolute Gasteiger partial charge is 0.0715 e. The van der Waals surface area contributed by atoms with Crippen LogP contribution < -0.4 is 0 Å². The molecule has 1 heteroatoms. The van der Waals surface area contributed by atoms with E-state index in [-0.39, 0.29) is 0 Å². The molecule has 0 N–H and O–H groups in total. The lowest BCUT2D eigenvalue weighted by Gasteiger charge is -2.18. The van der Waals surface area contributed by atoms with Crippen LogP contribution in [0.15, 0.2) is 164 Å². The maximum atomic E-state index is 5.13. The van der Waals surface area contributed by atoms with Crippen molar-refractivity contribution < 1.29 is 0 Å². The van der Waals surface area contributed by atoms with Gasteiger partial charge in [-0.2, -0.15) is 0 Å². The zero-order valence-electron chi connectivity index (χ0n) is 24.0. The SMILES string of the molecule is c1ccc(-c2cc(-c3ccc4ccc5c(-c6cccc7ccccc67)ccc6ccc3c4c65)cc(-c3ccccc3)n2)cc1. The highest BCUT2D eigenvalue weighted by Gasteiger charge is 2.17. The topological polar surface area (TPSA) is 12.9 Å². The first kappa shape index (κ1) is 24.8. The quantitative estimate of drug-likeness (QED) is 0.196. The van der Waals surface area contributed by atoms with Gasteiger partial charge in [0, 0.05) is 11.1 Å². The summed E-state index contributed by atoms with van der Waals surface area (Å²) in [6, 6.07) is 59.1. The third kappa shape index (κ3) is 3.91. The van der Waals surface area contributed by atoms with Gasteiger partial charge < -0.3 is 0 Å². The summed E-state index contributed by atoms with van der Waals surface area (Å²) in [5.41, 5.74) is 9.13. The van der Waals surface area contributed by atoms with Gasteiger partial charge in [0.05, 0.1) is 11.4 Å². The third-order valence-electron chi connectivity index (χ3n) is 9.02. The molecule has 0 saturated heterocycles. The molecule has 0 aliphatic heterocycles. The summed E-state index contributed by atoms with van der Waals surface area (Å²) in [5.74, 6) is 0. The average molecular weight is 558 g/mol. The molecule has 0 atom stereocenters. The minimum Gasteiger partial charge on any atom is -0.248 e. The van der Waals surface area contributed by atoms with E-state index in [1.165, 1.54) is 65.3 Å². The van der Waals surface area contributed by atoms with Gasteiger partial charge in [-0.1, -0.05) is 152 Å². The molecule has 0 aliphatic carbocycles. The minimum absolute atomic E-state index is 0.978. The molecule has 1 heterocycles. The van der Waals surface area contributed by atoms with Crippen molar-refractivity contribution in [2.24, 2.45) is 0 Å². The lowest BCUT2D eigenvalue weighted by atomic mass is 9.86. The fourth-order valence-corrected chi connectivity index (χ4v) is 6.95. The Morgan fingerprint density at radius 2 is 0.795 bits per heavy atom. The summed E-state index contributed by atoms with van der Waals surface area (Å²) in [5, 5.41) is 10.3. The summed E-state index contributed by atoms with van der Waals surface area (Å²) in [4.78, 5) is 5.13. The largest absolute Gasteiger partial charge is 0.248 e. The van der Waals surface area contributed by atoms with Gasteiger partial charge in [0.25, 0.3) is 0 Å². The fraction of sp³-hybridized carbons (Fsp3) is 0. The Hall–Kier alpha value is -5.79. The Morgan fingerprint density at radius 1 is 0.295 bits per heavy atom. The fourth-order valence-electron chi connectivity index (χ4n) is 6.95. The molecule has 0 fully saturated rings. The molecule has 0 radical (unpaired) electrons. The van der Waals surface area contributed by atoms with E-state index >= 15 is 0 Å². The highest BCUT2D eigenvalue weighted by Crippen LogP contribution is 2.44. The highest BCUT2D eigenvalue weighted by atomic mass is 14.7. The van der Waals surface area contributed by atoms with Gasteiger partial charge in [-0.25, -0.2) is 4.98 Å². The number of pyridine rings is 1. The van der Waals surface area contributed by atoms with Crippen molar-refractivity contribution in [2.75, 3.05) is 0 Å². The van der Waals surface area contributed by atoms with Crippen LogP contribution >= 0.6 is 0 Å². The molecule has 0 unspecified atom stereocenters. The van der Waals surface area contributed by atoms with Crippen molar-refractivity contribution in [1.29, 1.82) is 0 Å². The van der Waals surface area contributed by atoms with Crippen molar-refractivity contribution in [3.63, 3.8) is 0 Å². The third-order valence-corrected chi connectivity index (χ3v) is 9.02. The van der Waals surface area contributed by atoms with E-state index in [2.05, 4.69) is 164 Å². The van der Waals surface area contributed by atoms with E-state index in [1.54, 1.807) is 0 Å². The number of rotatable bonds is 4. The molecular formula is C43H27N. The second-order valence-corrected chi connectivity index (χ2v) is 11.5. The summed E-state index contributed by atoms with van der Waals surface area (Å²) < 4.78 is 0. The van der Waals surface area contributed by atoms with Crippen molar-refractivity contribution in [3.8, 4) is 44.8 Å². The minimum atomic E-state index is 0.978. The summed E-state index contributed by atoms with van der Waals surface area (Å²) in [7, 11) is 0. The van der Waals surface area contributed by atoms with E-state index < -0.39 is 0 Å². The van der Waals surface area contributed by atoms with Crippen LogP contribution in [0.25, 0.3) is 87.9 Å². The number of benzene rings is 8. The van der Waals surface area contributed by atoms with Crippen LogP contribution in [0.2, 0.25) is 0 Å². The lowest BCUT2D eigenvalue weighted by molar-refractivity contribution is 1.32. The summed E-state index contributed by atoms with van der Waals surface area (Å²) in [6.45, 7) is 0. The standard InChI is InChI=1S/C43H27N/c1-3-11-29(12-4-1)40-26-33(27-41(44-40)30-13-5-2-6-14-30)35-22-18-31-21-25-39-37(23-19-32-20-24-38(35)42(31)43(32)39)36-17-9-15-28-10-7-8-16-34(28)36/h1-27H. The van der Waals surface area contributed by atoms with Gasteiger partial charge in [0.1, 0.15) is 0 Å². The lowest BCUT2D eigenvalue weighted by Crippen LogP contribution is -1.93. The molecule has 0 spiro atoms. The van der Waals surface area contributed by atoms with Gasteiger partial charge in [-0.3, -0.25) is 0 Å². The van der Waals surface area contributed by atoms with E-state index in [0.717, 1.165) is 22.5 Å². The van der Waals surface area contributed by atoms with E-state index in [1.807, 2.05) is 0 Å². The van der Waals surface area contributed by atoms with Crippen molar-refractivity contribution in [2.45, 2.75) is 0 Å². The summed E-state index contributed by atoms with van der Waals surface area (Å²) >= 11 is 0. The molecule has 0 saturated carbocycles. The molecule has 0 amide bonds. The Labute approximate surface area is 256 Å². The second-order valence-electron chi connectivity index (χ2n) is 11.5. The zero-order valence-corrected chi connectivity index (χ0v) is 24.0. The first-order chi connectivity index (χ1) is 21.8. The van der Waals surface area contributed by atoms with Crippen molar-refractivity contribution in [1.82, 2.24) is 4.98 Å². The number of fused-ring (bicyclic) bond motifs is 1. The molecule has 8 aromatic carbocycles. The van der Waals surface area contributed by atoms with Crippen LogP contribution in [0, 0.1) is 0 Å². The van der Waals surface area contributed by atoms with Crippen LogP contribution in [0.3, 0.4) is 0 Å². The normalized spacial score (nSPS) is 11.6. The molecule has 44 heavy (non-hydrogen) atoms. The van der Waals surface area contributed by atoms with Gasteiger partial charge in [0.15, 0.2) is 0 Å². The predicted molar refractivity (Wildman–Crippen MR) is 187 cm³/mol. The van der Waals surface area contributed by atoms with Crippen molar-refractivity contribution >= 4 is 43.1 Å². The summed E-state index contributed by atoms with van der Waals surface area (Å²) in [6.07, 6.45) is 0. The maximum Gasteiger partial charge on any atom is 0.0715 e. The average Bonchev–Trinajstić information content (AvgIpc) is 3.11. The predicted octanol–water partition coefficient (Wildman–Crippen LogP) is 11.8. The zero-order chi connectivity index (χ0) is 29.0. The van der Waals surface area contributed by atoms with Crippen LogP contribution in [-0.2, 0) is 0 Å². The van der Waals surface area contributed by atoms with Crippen molar-refractivity contribution in [3.05, 3.63) is 164 Å². The Morgan fingerprint density at radius 3 is 1.45 bits per heavy atom. The van der Waals surface area contributed by atoms with E-state index in [9.17, 15) is 0 Å². The van der Waals surface area contributed by atoms with Crippen LogP contribution in [-0.4, -0.2) is 4.98 Å². The molecule has 0 bridgehead atoms. The molecule has 1 aromatic heterocycles. The number of nitrogens with zero attached hydrogens (tertiary/aromatic N) is 1. The Balaban J connectivity index is 1.32. The molecule has 9 aromatic rings. The molecule has 0 aliphatic rings. The van der Waals surface area contributed by atoms with Gasteiger partial charge in [0.2, 0.25) is 0 Å². The van der Waals surface area contributed by atoms with E-state index in [4.69, 9.17) is 4.98 Å². The molecular weight excluding hydrogens is 530 g/mol. The van der Waals surface area contributed by atoms with Crippen LogP contribution in [0.5, 0.6) is 0 Å². The van der Waals surface area contributed by atoms with E-state index in [0.29, 0.717) is 0 Å². The highest BCUT2D eigenvalue weighted by molar-refractivity contribution is 6.28. The molecule has 1 nitrogen and oxygen atoms in total. The van der Waals surface area contributed by atoms with Gasteiger partial charge in [-0.15, -0.1) is 0 Å². The molecule has 204 valence electrons.